The number of benzene rings is 1. The van der Waals surface area contributed by atoms with Crippen molar-refractivity contribution in [2.75, 3.05) is 0 Å². The van der Waals surface area contributed by atoms with Gasteiger partial charge in [0.1, 0.15) is 5.69 Å². The Morgan fingerprint density at radius 3 is 2.92 bits per heavy atom. The van der Waals surface area contributed by atoms with Crippen molar-refractivity contribution in [1.82, 2.24) is 14.5 Å². The Labute approximate surface area is 144 Å². The first-order valence-corrected chi connectivity index (χ1v) is 8.51. The first kappa shape index (κ1) is 16.3. The van der Waals surface area contributed by atoms with Crippen LogP contribution in [0.15, 0.2) is 54.4 Å². The molecule has 0 spiro atoms. The van der Waals surface area contributed by atoms with Gasteiger partial charge in [-0.15, -0.1) is 6.58 Å². The smallest absolute Gasteiger partial charge is 0.299 e. The number of aromatic nitrogens is 3. The van der Waals surface area contributed by atoms with Crippen LogP contribution in [0, 0.1) is 0 Å². The Hall–Kier alpha value is -2.60. The van der Waals surface area contributed by atoms with E-state index in [1.54, 1.807) is 6.08 Å². The minimum atomic E-state index is -0.392. The van der Waals surface area contributed by atoms with Gasteiger partial charge in [0.2, 0.25) is 0 Å². The minimum absolute atomic E-state index is 0.239. The zero-order chi connectivity index (χ0) is 17.1. The molecule has 0 bridgehead atoms. The number of rotatable bonds is 4. The number of carbonyl (C=O) groups excluding carboxylic acids is 1. The van der Waals surface area contributed by atoms with E-state index >= 15 is 0 Å². The second-order valence-corrected chi connectivity index (χ2v) is 6.68. The third-order valence-corrected chi connectivity index (χ3v) is 4.71. The minimum Gasteiger partial charge on any atom is -0.312 e. The van der Waals surface area contributed by atoms with Crippen LogP contribution in [-0.2, 0) is 6.54 Å². The molecule has 0 aliphatic heterocycles. The molecule has 0 aliphatic carbocycles. The SMILES string of the molecule is C=CCn1c(=NC(=O)c2cnccn2)sc2cc(C(C)C)ccc21. The molecule has 3 aromatic rings. The fraction of sp³-hybridized carbons (Fsp3) is 0.222. The highest BCUT2D eigenvalue weighted by molar-refractivity contribution is 7.16. The highest BCUT2D eigenvalue weighted by Crippen LogP contribution is 2.23. The maximum absolute atomic E-state index is 12.3. The maximum atomic E-state index is 12.3. The molecular weight excluding hydrogens is 320 g/mol. The van der Waals surface area contributed by atoms with Crippen LogP contribution in [0.25, 0.3) is 10.2 Å². The summed E-state index contributed by atoms with van der Waals surface area (Å²) in [5.74, 6) is 0.0579. The summed E-state index contributed by atoms with van der Waals surface area (Å²) in [6, 6.07) is 6.36. The van der Waals surface area contributed by atoms with Crippen LogP contribution in [-0.4, -0.2) is 20.4 Å². The summed E-state index contributed by atoms with van der Waals surface area (Å²) in [6.45, 7) is 8.72. The molecule has 0 fully saturated rings. The van der Waals surface area contributed by atoms with E-state index in [1.807, 2.05) is 4.57 Å². The van der Waals surface area contributed by atoms with Gasteiger partial charge >= 0.3 is 0 Å². The summed E-state index contributed by atoms with van der Waals surface area (Å²) < 4.78 is 3.10. The molecule has 0 atom stereocenters. The van der Waals surface area contributed by atoms with Crippen LogP contribution in [0.1, 0.15) is 35.8 Å². The standard InChI is InChI=1S/C18H18N4OS/c1-4-9-22-15-6-5-13(12(2)3)10-16(15)24-18(22)21-17(23)14-11-19-7-8-20-14/h4-8,10-12H,1,9H2,2-3H3. The van der Waals surface area contributed by atoms with E-state index in [0.29, 0.717) is 17.3 Å². The van der Waals surface area contributed by atoms with Crippen molar-refractivity contribution in [1.29, 1.82) is 0 Å². The second kappa shape index (κ2) is 6.88. The predicted molar refractivity (Wildman–Crippen MR) is 96.0 cm³/mol. The number of thiazole rings is 1. The predicted octanol–water partition coefficient (Wildman–Crippen LogP) is 3.54. The highest BCUT2D eigenvalue weighted by Gasteiger charge is 2.11. The molecule has 24 heavy (non-hydrogen) atoms. The van der Waals surface area contributed by atoms with Crippen molar-refractivity contribution in [3.8, 4) is 0 Å². The second-order valence-electron chi connectivity index (χ2n) is 5.67. The van der Waals surface area contributed by atoms with Crippen LogP contribution in [0.5, 0.6) is 0 Å². The van der Waals surface area contributed by atoms with Gasteiger partial charge in [0.25, 0.3) is 5.91 Å². The topological polar surface area (TPSA) is 60.1 Å². The third kappa shape index (κ3) is 3.19. The average Bonchev–Trinajstić information content (AvgIpc) is 2.92. The lowest BCUT2D eigenvalue weighted by Gasteiger charge is -2.05. The Morgan fingerprint density at radius 2 is 2.25 bits per heavy atom. The highest BCUT2D eigenvalue weighted by atomic mass is 32.1. The van der Waals surface area contributed by atoms with E-state index in [9.17, 15) is 4.79 Å². The first-order chi connectivity index (χ1) is 11.6. The van der Waals surface area contributed by atoms with E-state index in [1.165, 1.54) is 35.5 Å². The molecule has 2 heterocycles. The molecule has 122 valence electrons. The Morgan fingerprint density at radius 1 is 1.42 bits per heavy atom. The lowest BCUT2D eigenvalue weighted by molar-refractivity contribution is 0.0993. The average molecular weight is 338 g/mol. The molecule has 2 aromatic heterocycles. The molecule has 0 N–H and O–H groups in total. The Bertz CT molecular complexity index is 954. The van der Waals surface area contributed by atoms with Crippen molar-refractivity contribution in [2.45, 2.75) is 26.3 Å². The fourth-order valence-corrected chi connectivity index (χ4v) is 3.48. The molecule has 0 unspecified atom stereocenters. The summed E-state index contributed by atoms with van der Waals surface area (Å²) in [5, 5.41) is 0. The number of amides is 1. The normalized spacial score (nSPS) is 12.0. The van der Waals surface area contributed by atoms with Crippen LogP contribution in [0.2, 0.25) is 0 Å². The van der Waals surface area contributed by atoms with Crippen LogP contribution in [0.3, 0.4) is 0 Å². The van der Waals surface area contributed by atoms with Crippen molar-refractivity contribution >= 4 is 27.5 Å². The van der Waals surface area contributed by atoms with E-state index < -0.39 is 5.91 Å². The zero-order valence-electron chi connectivity index (χ0n) is 13.6. The van der Waals surface area contributed by atoms with E-state index in [-0.39, 0.29) is 5.69 Å². The molecule has 6 heteroatoms. The summed E-state index contributed by atoms with van der Waals surface area (Å²) in [5.41, 5.74) is 2.55. The van der Waals surface area contributed by atoms with Gasteiger partial charge in [0, 0.05) is 18.9 Å². The number of hydrogen-bond acceptors (Lipinski definition) is 4. The Balaban J connectivity index is 2.15. The monoisotopic (exact) mass is 338 g/mol. The van der Waals surface area contributed by atoms with Crippen LogP contribution < -0.4 is 4.80 Å². The molecular formula is C18H18N4OS. The van der Waals surface area contributed by atoms with Crippen LogP contribution >= 0.6 is 11.3 Å². The molecule has 5 nitrogen and oxygen atoms in total. The van der Waals surface area contributed by atoms with Crippen molar-refractivity contribution in [3.05, 3.63) is 65.5 Å². The van der Waals surface area contributed by atoms with E-state index in [0.717, 1.165) is 10.2 Å². The van der Waals surface area contributed by atoms with Gasteiger partial charge in [-0.3, -0.25) is 9.78 Å². The summed E-state index contributed by atoms with van der Waals surface area (Å²) in [6.07, 6.45) is 6.24. The van der Waals surface area contributed by atoms with Gasteiger partial charge < -0.3 is 4.57 Å². The molecule has 0 radical (unpaired) electrons. The van der Waals surface area contributed by atoms with Gasteiger partial charge in [-0.2, -0.15) is 4.99 Å². The molecule has 3 rings (SSSR count). The van der Waals surface area contributed by atoms with Crippen molar-refractivity contribution in [2.24, 2.45) is 4.99 Å². The number of hydrogen-bond donors (Lipinski definition) is 0. The summed E-state index contributed by atoms with van der Waals surface area (Å²) in [4.78, 5) is 25.1. The van der Waals surface area contributed by atoms with Gasteiger partial charge in [0.05, 0.1) is 16.4 Å². The van der Waals surface area contributed by atoms with Crippen molar-refractivity contribution < 1.29 is 4.79 Å². The molecule has 0 saturated heterocycles. The molecule has 0 aliphatic rings. The third-order valence-electron chi connectivity index (χ3n) is 3.66. The van der Waals surface area contributed by atoms with E-state index in [2.05, 4.69) is 53.6 Å². The maximum Gasteiger partial charge on any atom is 0.299 e. The number of carbonyl (C=O) groups is 1. The first-order valence-electron chi connectivity index (χ1n) is 7.69. The molecule has 0 saturated carbocycles. The van der Waals surface area contributed by atoms with E-state index in [4.69, 9.17) is 0 Å². The lowest BCUT2D eigenvalue weighted by atomic mass is 10.0. The largest absolute Gasteiger partial charge is 0.312 e. The summed E-state index contributed by atoms with van der Waals surface area (Å²) in [7, 11) is 0. The van der Waals surface area contributed by atoms with Crippen LogP contribution in [0.4, 0.5) is 0 Å². The Kier molecular flexibility index (Phi) is 4.66. The number of fused-ring (bicyclic) bond motifs is 1. The van der Waals surface area contributed by atoms with Crippen molar-refractivity contribution in [3.63, 3.8) is 0 Å². The molecule has 1 aromatic carbocycles. The quantitative estimate of drug-likeness (QED) is 0.684. The zero-order valence-corrected chi connectivity index (χ0v) is 14.5. The van der Waals surface area contributed by atoms with Gasteiger partial charge in [-0.25, -0.2) is 4.98 Å². The van der Waals surface area contributed by atoms with Gasteiger partial charge in [0.15, 0.2) is 4.80 Å². The van der Waals surface area contributed by atoms with Gasteiger partial charge in [-0.1, -0.05) is 37.3 Å². The lowest BCUT2D eigenvalue weighted by Crippen LogP contribution is -2.16. The fourth-order valence-electron chi connectivity index (χ4n) is 2.39. The summed E-state index contributed by atoms with van der Waals surface area (Å²) >= 11 is 1.50. The molecule has 1 amide bonds. The number of nitrogens with zero attached hydrogens (tertiary/aromatic N) is 4. The number of allylic oxidation sites excluding steroid dienone is 1. The van der Waals surface area contributed by atoms with Gasteiger partial charge in [-0.05, 0) is 23.6 Å².